The lowest BCUT2D eigenvalue weighted by Gasteiger charge is -2.31. The van der Waals surface area contributed by atoms with Gasteiger partial charge in [0.25, 0.3) is 0 Å². The Morgan fingerprint density at radius 1 is 1.25 bits per heavy atom. The van der Waals surface area contributed by atoms with Crippen molar-refractivity contribution in [3.05, 3.63) is 11.6 Å². The van der Waals surface area contributed by atoms with E-state index in [1.54, 1.807) is 0 Å². The summed E-state index contributed by atoms with van der Waals surface area (Å²) >= 11 is 0. The van der Waals surface area contributed by atoms with Gasteiger partial charge in [-0.3, -0.25) is 0 Å². The Balaban J connectivity index is 1.96. The van der Waals surface area contributed by atoms with Gasteiger partial charge in [-0.1, -0.05) is 19.9 Å². The van der Waals surface area contributed by atoms with E-state index in [0.29, 0.717) is 24.5 Å². The monoisotopic (exact) mass is 278 g/mol. The second-order valence-corrected chi connectivity index (χ2v) is 7.56. The highest BCUT2D eigenvalue weighted by Gasteiger charge is 2.66. The summed E-state index contributed by atoms with van der Waals surface area (Å²) in [6, 6.07) is 0. The molecule has 3 atom stereocenters. The zero-order valence-corrected chi connectivity index (χ0v) is 13.1. The molecular weight excluding hydrogens is 252 g/mol. The third-order valence-corrected chi connectivity index (χ3v) is 5.45. The van der Waals surface area contributed by atoms with E-state index in [-0.39, 0.29) is 17.0 Å². The Hall–Kier alpha value is -0.830. The van der Waals surface area contributed by atoms with Crippen LogP contribution in [0.3, 0.4) is 0 Å². The summed E-state index contributed by atoms with van der Waals surface area (Å²) in [6.07, 6.45) is 6.62. The average Bonchev–Trinajstić information content (AvgIpc) is 2.85. The van der Waals surface area contributed by atoms with Gasteiger partial charge in [-0.2, -0.15) is 0 Å². The number of fused-ring (bicyclic) bond motifs is 1. The topological polar surface area (TPSA) is 35.5 Å². The van der Waals surface area contributed by atoms with Crippen LogP contribution in [0.15, 0.2) is 11.6 Å². The quantitative estimate of drug-likeness (QED) is 0.739. The number of carbonyl (C=O) groups is 1. The fourth-order valence-corrected chi connectivity index (χ4v) is 5.22. The summed E-state index contributed by atoms with van der Waals surface area (Å²) in [5.41, 5.74) is 1.00. The highest BCUT2D eigenvalue weighted by atomic mass is 16.5. The lowest BCUT2D eigenvalue weighted by Crippen LogP contribution is -2.36. The van der Waals surface area contributed by atoms with Crippen molar-refractivity contribution in [1.29, 1.82) is 0 Å². The van der Waals surface area contributed by atoms with Crippen molar-refractivity contribution in [1.82, 2.24) is 0 Å². The van der Waals surface area contributed by atoms with Gasteiger partial charge in [-0.15, -0.1) is 0 Å². The molecule has 0 aromatic carbocycles. The Bertz CT molecular complexity index is 465. The maximum absolute atomic E-state index is 12.3. The average molecular weight is 278 g/mol. The van der Waals surface area contributed by atoms with Gasteiger partial charge in [-0.25, -0.2) is 4.79 Å². The third kappa shape index (κ3) is 1.86. The zero-order valence-electron chi connectivity index (χ0n) is 13.1. The van der Waals surface area contributed by atoms with Gasteiger partial charge >= 0.3 is 5.97 Å². The summed E-state index contributed by atoms with van der Waals surface area (Å²) in [6.45, 7) is 9.65. The molecule has 0 unspecified atom stereocenters. The molecule has 3 heteroatoms. The van der Waals surface area contributed by atoms with Crippen molar-refractivity contribution >= 4 is 5.97 Å². The van der Waals surface area contributed by atoms with Crippen molar-refractivity contribution in [3.8, 4) is 0 Å². The van der Waals surface area contributed by atoms with E-state index in [1.807, 2.05) is 13.8 Å². The Morgan fingerprint density at radius 3 is 2.65 bits per heavy atom. The van der Waals surface area contributed by atoms with Crippen molar-refractivity contribution in [2.45, 2.75) is 59.0 Å². The van der Waals surface area contributed by atoms with E-state index in [1.165, 1.54) is 12.8 Å². The maximum atomic E-state index is 12.3. The molecule has 112 valence electrons. The van der Waals surface area contributed by atoms with Gasteiger partial charge < -0.3 is 9.47 Å². The molecule has 0 N–H and O–H groups in total. The number of rotatable bonds is 4. The lowest BCUT2D eigenvalue weighted by molar-refractivity contribution is -0.142. The van der Waals surface area contributed by atoms with Crippen LogP contribution in [-0.4, -0.2) is 24.8 Å². The van der Waals surface area contributed by atoms with E-state index >= 15 is 0 Å². The highest BCUT2D eigenvalue weighted by Crippen LogP contribution is 2.70. The molecule has 3 aliphatic carbocycles. The predicted octanol–water partition coefficient (Wildman–Crippen LogP) is 3.48. The highest BCUT2D eigenvalue weighted by molar-refractivity contribution is 5.92. The summed E-state index contributed by atoms with van der Waals surface area (Å²) in [5.74, 6) is 0.503. The molecule has 0 aromatic rings. The number of hydrogen-bond acceptors (Lipinski definition) is 3. The van der Waals surface area contributed by atoms with Crippen molar-refractivity contribution in [3.63, 3.8) is 0 Å². The number of carbonyl (C=O) groups excluding carboxylic acids is 1. The number of allylic oxidation sites excluding steroid dienone is 1. The molecule has 2 fully saturated rings. The molecule has 3 nitrogen and oxygen atoms in total. The van der Waals surface area contributed by atoms with Gasteiger partial charge in [0.05, 0.1) is 12.2 Å². The number of esters is 1. The largest absolute Gasteiger partial charge is 0.463 e. The van der Waals surface area contributed by atoms with E-state index in [2.05, 4.69) is 19.9 Å². The van der Waals surface area contributed by atoms with Crippen LogP contribution < -0.4 is 0 Å². The lowest BCUT2D eigenvalue weighted by atomic mass is 9.79. The molecule has 3 rings (SSSR count). The first-order valence-corrected chi connectivity index (χ1v) is 7.91. The SMILES string of the molecule is CCOC(=O)C1=C[C@@]23CC(C)(C)C[C@@H]2C[C@]1(OCC)C3. The molecule has 0 aliphatic heterocycles. The van der Waals surface area contributed by atoms with Crippen LogP contribution in [0.1, 0.15) is 53.4 Å². The fourth-order valence-electron chi connectivity index (χ4n) is 5.22. The van der Waals surface area contributed by atoms with E-state index in [0.717, 1.165) is 18.4 Å². The minimum Gasteiger partial charge on any atom is -0.463 e. The Morgan fingerprint density at radius 2 is 2.00 bits per heavy atom. The summed E-state index contributed by atoms with van der Waals surface area (Å²) < 4.78 is 11.4. The molecule has 2 saturated carbocycles. The zero-order chi connectivity index (χ0) is 14.6. The molecule has 0 radical (unpaired) electrons. The first kappa shape index (κ1) is 14.1. The second-order valence-electron chi connectivity index (χ2n) is 7.56. The van der Waals surface area contributed by atoms with Gasteiger partial charge in [0.1, 0.15) is 5.60 Å². The molecule has 1 spiro atoms. The predicted molar refractivity (Wildman–Crippen MR) is 77.2 cm³/mol. The fraction of sp³-hybridized carbons (Fsp3) is 0.824. The van der Waals surface area contributed by atoms with E-state index in [9.17, 15) is 4.79 Å². The third-order valence-electron chi connectivity index (χ3n) is 5.45. The van der Waals surface area contributed by atoms with Crippen LogP contribution in [0.4, 0.5) is 0 Å². The first-order valence-electron chi connectivity index (χ1n) is 7.91. The van der Waals surface area contributed by atoms with Crippen LogP contribution in [0.5, 0.6) is 0 Å². The van der Waals surface area contributed by atoms with Gasteiger partial charge in [-0.05, 0) is 56.3 Å². The molecule has 0 aromatic heterocycles. The summed E-state index contributed by atoms with van der Waals surface area (Å²) in [7, 11) is 0. The minimum absolute atomic E-state index is 0.166. The Labute approximate surface area is 121 Å². The van der Waals surface area contributed by atoms with Gasteiger partial charge in [0.15, 0.2) is 0 Å². The van der Waals surface area contributed by atoms with Crippen LogP contribution >= 0.6 is 0 Å². The number of hydrogen-bond donors (Lipinski definition) is 0. The Kier molecular flexibility index (Phi) is 3.06. The van der Waals surface area contributed by atoms with Crippen LogP contribution in [-0.2, 0) is 14.3 Å². The minimum atomic E-state index is -0.359. The summed E-state index contributed by atoms with van der Waals surface area (Å²) in [4.78, 5) is 12.3. The second kappa shape index (κ2) is 4.33. The van der Waals surface area contributed by atoms with Crippen molar-refractivity contribution < 1.29 is 14.3 Å². The summed E-state index contributed by atoms with van der Waals surface area (Å²) in [5, 5.41) is 0. The van der Waals surface area contributed by atoms with Gasteiger partial charge in [0, 0.05) is 6.61 Å². The molecule has 0 saturated heterocycles. The van der Waals surface area contributed by atoms with E-state index < -0.39 is 0 Å². The molecule has 3 aliphatic rings. The first-order chi connectivity index (χ1) is 9.36. The van der Waals surface area contributed by atoms with Crippen LogP contribution in [0.2, 0.25) is 0 Å². The van der Waals surface area contributed by atoms with Crippen molar-refractivity contribution in [2.75, 3.05) is 13.2 Å². The van der Waals surface area contributed by atoms with Crippen LogP contribution in [0, 0.1) is 16.7 Å². The molecule has 20 heavy (non-hydrogen) atoms. The number of ether oxygens (including phenoxy) is 2. The van der Waals surface area contributed by atoms with E-state index in [4.69, 9.17) is 9.47 Å². The molecule has 2 bridgehead atoms. The molecule has 0 amide bonds. The normalized spacial score (nSPS) is 40.6. The van der Waals surface area contributed by atoms with Crippen molar-refractivity contribution in [2.24, 2.45) is 16.7 Å². The van der Waals surface area contributed by atoms with Gasteiger partial charge in [0.2, 0.25) is 0 Å². The smallest absolute Gasteiger partial charge is 0.336 e. The van der Waals surface area contributed by atoms with Crippen LogP contribution in [0.25, 0.3) is 0 Å². The molecule has 0 heterocycles. The maximum Gasteiger partial charge on any atom is 0.336 e. The standard InChI is InChI=1S/C17H26O3/c1-5-19-14(18)13-9-16-10-15(3,4)7-12(16)8-17(13,11-16)20-6-2/h9,12H,5-8,10-11H2,1-4H3/t12-,16+,17+/m1/s1. The molecular formula is C17H26O3.